The Morgan fingerprint density at radius 3 is 2.89 bits per heavy atom. The molecule has 0 unspecified atom stereocenters. The second-order valence-corrected chi connectivity index (χ2v) is 4.68. The van der Waals surface area contributed by atoms with E-state index in [1.165, 1.54) is 12.1 Å². The molecule has 2 N–H and O–H groups in total. The zero-order chi connectivity index (χ0) is 13.7. The van der Waals surface area contributed by atoms with Crippen molar-refractivity contribution in [1.29, 1.82) is 0 Å². The van der Waals surface area contributed by atoms with Crippen molar-refractivity contribution in [3.05, 3.63) is 35.6 Å². The molecule has 1 amide bonds. The number of carbonyl (C=O) groups excluding carboxylic acids is 1. The van der Waals surface area contributed by atoms with Crippen molar-refractivity contribution in [3.63, 3.8) is 0 Å². The summed E-state index contributed by atoms with van der Waals surface area (Å²) in [6, 6.07) is 6.02. The third-order valence-corrected chi connectivity index (χ3v) is 3.23. The first-order chi connectivity index (χ1) is 9.16. The van der Waals surface area contributed by atoms with E-state index in [0.29, 0.717) is 26.1 Å². The summed E-state index contributed by atoms with van der Waals surface area (Å²) in [4.78, 5) is 11.9. The second kappa shape index (κ2) is 6.63. The maximum absolute atomic E-state index is 12.7. The van der Waals surface area contributed by atoms with Crippen LogP contribution in [0.5, 0.6) is 0 Å². The van der Waals surface area contributed by atoms with Crippen molar-refractivity contribution in [2.75, 3.05) is 19.7 Å². The van der Waals surface area contributed by atoms with E-state index >= 15 is 0 Å². The molecule has 0 radical (unpaired) electrons. The molecular weight excluding hydrogens is 247 g/mol. The van der Waals surface area contributed by atoms with Gasteiger partial charge >= 0.3 is 0 Å². The zero-order valence-corrected chi connectivity index (χ0v) is 11.0. The van der Waals surface area contributed by atoms with E-state index < -0.39 is 0 Å². The number of hydrogen-bond donors (Lipinski definition) is 2. The Labute approximate surface area is 112 Å². The maximum atomic E-state index is 12.7. The van der Waals surface area contributed by atoms with Crippen LogP contribution in [0.2, 0.25) is 0 Å². The van der Waals surface area contributed by atoms with Crippen LogP contribution < -0.4 is 10.6 Å². The van der Waals surface area contributed by atoms with Gasteiger partial charge in [-0.15, -0.1) is 0 Å². The van der Waals surface area contributed by atoms with E-state index in [4.69, 9.17) is 4.74 Å². The molecule has 4 nitrogen and oxygen atoms in total. The monoisotopic (exact) mass is 266 g/mol. The first-order valence-electron chi connectivity index (χ1n) is 6.54. The molecule has 0 aromatic heterocycles. The minimum atomic E-state index is -0.290. The number of amides is 1. The second-order valence-electron chi connectivity index (χ2n) is 4.68. The molecule has 0 spiro atoms. The van der Waals surface area contributed by atoms with Crippen molar-refractivity contribution in [2.24, 2.45) is 0 Å². The number of nitrogens with one attached hydrogen (secondary N) is 2. The lowest BCUT2D eigenvalue weighted by Crippen LogP contribution is -2.55. The number of ether oxygens (including phenoxy) is 1. The van der Waals surface area contributed by atoms with Crippen molar-refractivity contribution in [1.82, 2.24) is 10.6 Å². The van der Waals surface area contributed by atoms with Crippen molar-refractivity contribution in [3.8, 4) is 0 Å². The quantitative estimate of drug-likeness (QED) is 0.850. The fourth-order valence-electron chi connectivity index (χ4n) is 2.12. The summed E-state index contributed by atoms with van der Waals surface area (Å²) in [5, 5.41) is 6.01. The Hall–Kier alpha value is -1.46. The van der Waals surface area contributed by atoms with Gasteiger partial charge in [-0.1, -0.05) is 12.1 Å². The average Bonchev–Trinajstić information content (AvgIpc) is 2.41. The number of hydrogen-bond acceptors (Lipinski definition) is 3. The third kappa shape index (κ3) is 4.01. The van der Waals surface area contributed by atoms with Gasteiger partial charge in [0.05, 0.1) is 12.7 Å². The molecule has 2 rings (SSSR count). The van der Waals surface area contributed by atoms with Gasteiger partial charge in [-0.25, -0.2) is 4.39 Å². The van der Waals surface area contributed by atoms with Crippen molar-refractivity contribution < 1.29 is 13.9 Å². The van der Waals surface area contributed by atoms with Gasteiger partial charge in [-0.3, -0.25) is 4.79 Å². The summed E-state index contributed by atoms with van der Waals surface area (Å²) in [5.41, 5.74) is 1.00. The number of carbonyl (C=O) groups is 1. The van der Waals surface area contributed by atoms with Crippen LogP contribution in [0, 0.1) is 5.82 Å². The van der Waals surface area contributed by atoms with E-state index in [9.17, 15) is 9.18 Å². The predicted molar refractivity (Wildman–Crippen MR) is 70.3 cm³/mol. The molecule has 1 saturated heterocycles. The number of halogens is 1. The molecule has 1 aliphatic heterocycles. The smallest absolute Gasteiger partial charge is 0.239 e. The predicted octanol–water partition coefficient (Wildman–Crippen LogP) is 0.861. The number of benzene rings is 1. The normalized spacial score (nSPS) is 23.1. The van der Waals surface area contributed by atoms with Crippen molar-refractivity contribution >= 4 is 5.91 Å². The van der Waals surface area contributed by atoms with Gasteiger partial charge in [0.1, 0.15) is 11.9 Å². The van der Waals surface area contributed by atoms with Gasteiger partial charge in [0.15, 0.2) is 0 Å². The molecule has 1 aromatic carbocycles. The molecule has 2 atom stereocenters. The van der Waals surface area contributed by atoms with Crippen LogP contribution in [0.4, 0.5) is 4.39 Å². The summed E-state index contributed by atoms with van der Waals surface area (Å²) in [7, 11) is 0. The highest BCUT2D eigenvalue weighted by atomic mass is 19.1. The molecular formula is C14H19FN2O2. The van der Waals surface area contributed by atoms with Crippen LogP contribution in [0.15, 0.2) is 24.3 Å². The van der Waals surface area contributed by atoms with E-state index in [2.05, 4.69) is 10.6 Å². The molecule has 19 heavy (non-hydrogen) atoms. The molecule has 1 aliphatic rings. The Morgan fingerprint density at radius 2 is 2.21 bits per heavy atom. The molecule has 104 valence electrons. The highest BCUT2D eigenvalue weighted by Gasteiger charge is 2.27. The topological polar surface area (TPSA) is 50.4 Å². The molecule has 0 saturated carbocycles. The molecule has 1 fully saturated rings. The van der Waals surface area contributed by atoms with E-state index in [-0.39, 0.29) is 23.9 Å². The van der Waals surface area contributed by atoms with Gasteiger partial charge in [-0.2, -0.15) is 0 Å². The van der Waals surface area contributed by atoms with Crippen LogP contribution in [0.3, 0.4) is 0 Å². The summed E-state index contributed by atoms with van der Waals surface area (Å²) >= 11 is 0. The Balaban J connectivity index is 1.75. The Morgan fingerprint density at radius 1 is 1.47 bits per heavy atom. The van der Waals surface area contributed by atoms with Gasteiger partial charge in [0, 0.05) is 13.1 Å². The number of rotatable bonds is 4. The molecule has 5 heteroatoms. The van der Waals surface area contributed by atoms with Crippen LogP contribution >= 0.6 is 0 Å². The molecule has 1 heterocycles. The highest BCUT2D eigenvalue weighted by molar-refractivity contribution is 5.82. The standard InChI is InChI=1S/C14H19FN2O2/c1-10-13(16-8-9-19-10)14(18)17-7-6-11-2-4-12(15)5-3-11/h2-5,10,13,16H,6-9H2,1H3,(H,17,18)/t10-,13+/m1/s1. The first-order valence-corrected chi connectivity index (χ1v) is 6.54. The number of morpholine rings is 1. The SMILES string of the molecule is C[C@H]1OCCN[C@@H]1C(=O)NCCc1ccc(F)cc1. The minimum absolute atomic E-state index is 0.0469. The van der Waals surface area contributed by atoms with Crippen LogP contribution in [-0.4, -0.2) is 37.7 Å². The van der Waals surface area contributed by atoms with Gasteiger partial charge in [0.25, 0.3) is 0 Å². The lowest BCUT2D eigenvalue weighted by molar-refractivity contribution is -0.128. The fraction of sp³-hybridized carbons (Fsp3) is 0.500. The Kier molecular flexibility index (Phi) is 4.87. The van der Waals surface area contributed by atoms with Crippen LogP contribution in [0.25, 0.3) is 0 Å². The Bertz CT molecular complexity index is 422. The molecule has 1 aromatic rings. The summed E-state index contributed by atoms with van der Waals surface area (Å²) in [6.45, 7) is 3.76. The first kappa shape index (κ1) is 14.0. The minimum Gasteiger partial charge on any atom is -0.375 e. The molecule has 0 bridgehead atoms. The largest absolute Gasteiger partial charge is 0.375 e. The average molecular weight is 266 g/mol. The van der Waals surface area contributed by atoms with Gasteiger partial charge < -0.3 is 15.4 Å². The third-order valence-electron chi connectivity index (χ3n) is 3.23. The fourth-order valence-corrected chi connectivity index (χ4v) is 2.12. The van der Waals surface area contributed by atoms with E-state index in [1.54, 1.807) is 12.1 Å². The summed E-state index contributed by atoms with van der Waals surface area (Å²) < 4.78 is 18.2. The highest BCUT2D eigenvalue weighted by Crippen LogP contribution is 2.05. The van der Waals surface area contributed by atoms with Crippen LogP contribution in [-0.2, 0) is 16.0 Å². The maximum Gasteiger partial charge on any atom is 0.239 e. The van der Waals surface area contributed by atoms with Crippen LogP contribution in [0.1, 0.15) is 12.5 Å². The van der Waals surface area contributed by atoms with Crippen molar-refractivity contribution in [2.45, 2.75) is 25.5 Å². The summed E-state index contributed by atoms with van der Waals surface area (Å²) in [6.07, 6.45) is 0.577. The molecule has 0 aliphatic carbocycles. The van der Waals surface area contributed by atoms with E-state index in [0.717, 1.165) is 5.56 Å². The van der Waals surface area contributed by atoms with Gasteiger partial charge in [0.2, 0.25) is 5.91 Å². The van der Waals surface area contributed by atoms with E-state index in [1.807, 2.05) is 6.92 Å². The lowest BCUT2D eigenvalue weighted by Gasteiger charge is -2.29. The lowest BCUT2D eigenvalue weighted by atomic mass is 10.1. The summed E-state index contributed by atoms with van der Waals surface area (Å²) in [5.74, 6) is -0.292. The van der Waals surface area contributed by atoms with Gasteiger partial charge in [-0.05, 0) is 31.0 Å². The zero-order valence-electron chi connectivity index (χ0n) is 11.0.